The second-order valence-electron chi connectivity index (χ2n) is 6.50. The number of aliphatic hydroxyl groups excluding tert-OH is 1. The number of aliphatic hydroxyl groups is 1. The Morgan fingerprint density at radius 1 is 0.800 bits per heavy atom. The van der Waals surface area contributed by atoms with Crippen molar-refractivity contribution in [1.29, 1.82) is 0 Å². The molecule has 0 saturated heterocycles. The van der Waals surface area contributed by atoms with Gasteiger partial charge in [-0.25, -0.2) is 0 Å². The molecule has 20 heavy (non-hydrogen) atoms. The lowest BCUT2D eigenvalue weighted by Crippen LogP contribution is -2.18. The Morgan fingerprint density at radius 3 is 1.70 bits per heavy atom. The van der Waals surface area contributed by atoms with Gasteiger partial charge in [-0.05, 0) is 38.6 Å². The summed E-state index contributed by atoms with van der Waals surface area (Å²) in [6.07, 6.45) is -0.488. The van der Waals surface area contributed by atoms with Crippen LogP contribution in [-0.2, 0) is 0 Å². The predicted molar refractivity (Wildman–Crippen MR) is 85.9 cm³/mol. The van der Waals surface area contributed by atoms with Gasteiger partial charge in [-0.3, -0.25) is 0 Å². The predicted octanol–water partition coefficient (Wildman–Crippen LogP) is 5.07. The average molecular weight is 264 g/mol. The van der Waals surface area contributed by atoms with E-state index >= 15 is 0 Å². The highest BCUT2D eigenvalue weighted by Crippen LogP contribution is 2.40. The highest BCUT2D eigenvalue weighted by molar-refractivity contribution is 6.02. The van der Waals surface area contributed by atoms with Gasteiger partial charge in [-0.2, -0.15) is 0 Å². The summed E-state index contributed by atoms with van der Waals surface area (Å²) in [6.45, 7) is 6.23. The molecule has 0 spiro atoms. The van der Waals surface area contributed by atoms with Gasteiger partial charge in [0.15, 0.2) is 0 Å². The maximum Gasteiger partial charge on any atom is 0.0850 e. The zero-order valence-corrected chi connectivity index (χ0v) is 12.2. The summed E-state index contributed by atoms with van der Waals surface area (Å²) < 4.78 is 0. The molecule has 0 aliphatic rings. The summed E-state index contributed by atoms with van der Waals surface area (Å²) in [7, 11) is 0. The van der Waals surface area contributed by atoms with Crippen molar-refractivity contribution in [1.82, 2.24) is 0 Å². The van der Waals surface area contributed by atoms with Crippen molar-refractivity contribution in [2.75, 3.05) is 0 Å². The summed E-state index contributed by atoms with van der Waals surface area (Å²) >= 11 is 0. The van der Waals surface area contributed by atoms with E-state index in [0.717, 1.165) is 16.3 Å². The van der Waals surface area contributed by atoms with E-state index in [0.29, 0.717) is 0 Å². The molecule has 3 aromatic carbocycles. The lowest BCUT2D eigenvalue weighted by molar-refractivity contribution is 0.0651. The van der Waals surface area contributed by atoms with E-state index in [-0.39, 0.29) is 5.41 Å². The molecule has 0 radical (unpaired) electrons. The van der Waals surface area contributed by atoms with Crippen molar-refractivity contribution in [2.24, 2.45) is 5.41 Å². The van der Waals surface area contributed by atoms with Gasteiger partial charge in [0.2, 0.25) is 0 Å². The van der Waals surface area contributed by atoms with Gasteiger partial charge >= 0.3 is 0 Å². The van der Waals surface area contributed by atoms with Crippen molar-refractivity contribution in [3.63, 3.8) is 0 Å². The molecule has 3 aromatic rings. The van der Waals surface area contributed by atoms with E-state index in [1.165, 1.54) is 10.8 Å². The van der Waals surface area contributed by atoms with Crippen molar-refractivity contribution in [2.45, 2.75) is 26.9 Å². The zero-order chi connectivity index (χ0) is 14.3. The van der Waals surface area contributed by atoms with Crippen LogP contribution < -0.4 is 0 Å². The Hall–Kier alpha value is -1.86. The Labute approximate surface area is 119 Å². The van der Waals surface area contributed by atoms with Crippen molar-refractivity contribution >= 4 is 21.5 Å². The largest absolute Gasteiger partial charge is 0.388 e. The lowest BCUT2D eigenvalue weighted by Gasteiger charge is -2.28. The molecule has 3 rings (SSSR count). The smallest absolute Gasteiger partial charge is 0.0850 e. The summed E-state index contributed by atoms with van der Waals surface area (Å²) in [6, 6.07) is 18.8. The van der Waals surface area contributed by atoms with Crippen LogP contribution in [0.15, 0.2) is 54.6 Å². The Kier molecular flexibility index (Phi) is 3.02. The van der Waals surface area contributed by atoms with Gasteiger partial charge in [-0.1, -0.05) is 69.3 Å². The molecule has 1 heteroatoms. The lowest BCUT2D eigenvalue weighted by atomic mass is 9.81. The molecule has 0 heterocycles. The number of hydrogen-bond donors (Lipinski definition) is 1. The second-order valence-corrected chi connectivity index (χ2v) is 6.50. The van der Waals surface area contributed by atoms with E-state index in [4.69, 9.17) is 0 Å². The third-order valence-electron chi connectivity index (χ3n) is 3.91. The van der Waals surface area contributed by atoms with Crippen LogP contribution in [0.2, 0.25) is 0 Å². The SMILES string of the molecule is CC(C)(C)[C@@H](O)c1c2ccccc2cc2ccccc12. The summed E-state index contributed by atoms with van der Waals surface area (Å²) in [5.74, 6) is 0. The molecule has 1 nitrogen and oxygen atoms in total. The topological polar surface area (TPSA) is 20.2 Å². The summed E-state index contributed by atoms with van der Waals surface area (Å²) in [4.78, 5) is 0. The number of hydrogen-bond acceptors (Lipinski definition) is 1. The molecule has 1 N–H and O–H groups in total. The molecule has 102 valence electrons. The van der Waals surface area contributed by atoms with Crippen LogP contribution in [0.5, 0.6) is 0 Å². The first-order valence-electron chi connectivity index (χ1n) is 7.07. The van der Waals surface area contributed by atoms with E-state index in [1.54, 1.807) is 0 Å². The standard InChI is InChI=1S/C19H20O/c1-19(2,3)18(20)17-15-10-6-4-8-13(15)12-14-9-5-7-11-16(14)17/h4-12,18,20H,1-3H3/t18-/m0/s1. The van der Waals surface area contributed by atoms with E-state index in [1.807, 2.05) is 24.3 Å². The van der Waals surface area contributed by atoms with Crippen LogP contribution in [0.1, 0.15) is 32.4 Å². The maximum atomic E-state index is 10.9. The van der Waals surface area contributed by atoms with Gasteiger partial charge in [0.05, 0.1) is 6.10 Å². The Bertz CT molecular complexity index is 711. The normalized spacial score (nSPS) is 13.8. The number of fused-ring (bicyclic) bond motifs is 2. The molecule has 0 aliphatic carbocycles. The van der Waals surface area contributed by atoms with E-state index in [9.17, 15) is 5.11 Å². The molecular formula is C19H20O. The fraction of sp³-hybridized carbons (Fsp3) is 0.263. The maximum absolute atomic E-state index is 10.9. The fourth-order valence-corrected chi connectivity index (χ4v) is 2.78. The Balaban J connectivity index is 2.45. The molecule has 1 atom stereocenters. The van der Waals surface area contributed by atoms with Crippen LogP contribution in [0.3, 0.4) is 0 Å². The minimum Gasteiger partial charge on any atom is -0.388 e. The van der Waals surface area contributed by atoms with Crippen LogP contribution in [-0.4, -0.2) is 5.11 Å². The van der Waals surface area contributed by atoms with Crippen molar-refractivity contribution in [3.05, 3.63) is 60.2 Å². The zero-order valence-electron chi connectivity index (χ0n) is 12.2. The minimum atomic E-state index is -0.488. The highest BCUT2D eigenvalue weighted by Gasteiger charge is 2.27. The van der Waals surface area contributed by atoms with Crippen molar-refractivity contribution < 1.29 is 5.11 Å². The molecule has 0 fully saturated rings. The van der Waals surface area contributed by atoms with Crippen LogP contribution in [0.4, 0.5) is 0 Å². The Morgan fingerprint density at radius 2 is 1.25 bits per heavy atom. The van der Waals surface area contributed by atoms with Gasteiger partial charge in [0.1, 0.15) is 0 Å². The second kappa shape index (κ2) is 4.60. The first-order chi connectivity index (χ1) is 9.48. The summed E-state index contributed by atoms with van der Waals surface area (Å²) in [5, 5.41) is 15.5. The molecule has 0 aromatic heterocycles. The van der Waals surface area contributed by atoms with E-state index in [2.05, 4.69) is 51.1 Å². The minimum absolute atomic E-state index is 0.188. The molecular weight excluding hydrogens is 244 g/mol. The number of benzene rings is 3. The quantitative estimate of drug-likeness (QED) is 0.608. The summed E-state index contributed by atoms with van der Waals surface area (Å²) in [5.41, 5.74) is 0.860. The van der Waals surface area contributed by atoms with Gasteiger partial charge < -0.3 is 5.11 Å². The van der Waals surface area contributed by atoms with Gasteiger partial charge in [0, 0.05) is 0 Å². The monoisotopic (exact) mass is 264 g/mol. The first-order valence-corrected chi connectivity index (χ1v) is 7.07. The molecule has 0 bridgehead atoms. The van der Waals surface area contributed by atoms with Crippen molar-refractivity contribution in [3.8, 4) is 0 Å². The van der Waals surface area contributed by atoms with Crippen LogP contribution in [0, 0.1) is 5.41 Å². The highest BCUT2D eigenvalue weighted by atomic mass is 16.3. The average Bonchev–Trinajstić information content (AvgIpc) is 2.43. The molecule has 0 unspecified atom stereocenters. The molecule has 0 aliphatic heterocycles. The molecule has 0 saturated carbocycles. The number of rotatable bonds is 1. The fourth-order valence-electron chi connectivity index (χ4n) is 2.78. The third kappa shape index (κ3) is 2.08. The van der Waals surface area contributed by atoms with E-state index < -0.39 is 6.10 Å². The first kappa shape index (κ1) is 13.1. The van der Waals surface area contributed by atoms with Crippen LogP contribution >= 0.6 is 0 Å². The van der Waals surface area contributed by atoms with Gasteiger partial charge in [-0.15, -0.1) is 0 Å². The van der Waals surface area contributed by atoms with Gasteiger partial charge in [0.25, 0.3) is 0 Å². The molecule has 0 amide bonds. The third-order valence-corrected chi connectivity index (χ3v) is 3.91. The van der Waals surface area contributed by atoms with Crippen LogP contribution in [0.25, 0.3) is 21.5 Å².